The molecule has 34 heavy (non-hydrogen) atoms. The number of nitrogens with zero attached hydrogens (tertiary/aromatic N) is 7. The molecule has 0 fully saturated rings. The number of rotatable bonds is 9. The normalized spacial score (nSPS) is 12.9. The van der Waals surface area contributed by atoms with Gasteiger partial charge in [0.2, 0.25) is 5.82 Å². The standard InChI is InChI=1S/C23H27F3N8/c1-4-6-7-20-27-21(15(3)5-2)30-33(20)14-16-8-10-17(11-9-16)34-18(22-28-31-32-29-22)12-13-19(34)23(24,25)26/h8-13,15H,4-7,14H2,1-3H3,(H,28,29,31,32). The number of halogens is 3. The average molecular weight is 473 g/mol. The molecule has 3 aromatic heterocycles. The Morgan fingerprint density at radius 3 is 2.44 bits per heavy atom. The van der Waals surface area contributed by atoms with E-state index in [0.29, 0.717) is 12.2 Å². The molecule has 11 heteroatoms. The molecule has 0 saturated carbocycles. The van der Waals surface area contributed by atoms with Gasteiger partial charge in [0.1, 0.15) is 11.5 Å². The Balaban J connectivity index is 1.65. The number of alkyl halides is 3. The van der Waals surface area contributed by atoms with Gasteiger partial charge in [-0.1, -0.05) is 39.3 Å². The lowest BCUT2D eigenvalue weighted by atomic mass is 10.1. The summed E-state index contributed by atoms with van der Waals surface area (Å²) in [5, 5.41) is 18.2. The molecular weight excluding hydrogens is 445 g/mol. The molecule has 1 aromatic carbocycles. The Bertz CT molecular complexity index is 1210. The van der Waals surface area contributed by atoms with E-state index in [1.165, 1.54) is 6.07 Å². The first kappa shape index (κ1) is 23.7. The fourth-order valence-electron chi connectivity index (χ4n) is 3.74. The van der Waals surface area contributed by atoms with Crippen LogP contribution in [0.5, 0.6) is 0 Å². The van der Waals surface area contributed by atoms with Gasteiger partial charge in [0.25, 0.3) is 0 Å². The highest BCUT2D eigenvalue weighted by atomic mass is 19.4. The largest absolute Gasteiger partial charge is 0.431 e. The topological polar surface area (TPSA) is 90.1 Å². The van der Waals surface area contributed by atoms with Crippen LogP contribution in [0.3, 0.4) is 0 Å². The number of aromatic amines is 1. The number of tetrazole rings is 1. The third-order valence-electron chi connectivity index (χ3n) is 5.84. The van der Waals surface area contributed by atoms with Crippen molar-refractivity contribution >= 4 is 0 Å². The second kappa shape index (κ2) is 9.78. The van der Waals surface area contributed by atoms with Crippen molar-refractivity contribution in [2.45, 2.75) is 65.1 Å². The number of aryl methyl sites for hydroxylation is 1. The SMILES string of the molecule is CCCCc1nc(C(C)CC)nn1Cc1ccc(-n2c(-c3nn[nH]n3)ccc2C(F)(F)F)cc1. The summed E-state index contributed by atoms with van der Waals surface area (Å²) in [5.74, 6) is 2.12. The van der Waals surface area contributed by atoms with Crippen molar-refractivity contribution in [3.8, 4) is 17.2 Å². The summed E-state index contributed by atoms with van der Waals surface area (Å²) in [4.78, 5) is 4.75. The van der Waals surface area contributed by atoms with Gasteiger partial charge in [-0.15, -0.1) is 10.2 Å². The number of aromatic nitrogens is 8. The summed E-state index contributed by atoms with van der Waals surface area (Å²) in [7, 11) is 0. The smallest absolute Gasteiger partial charge is 0.302 e. The van der Waals surface area contributed by atoms with Gasteiger partial charge in [-0.3, -0.25) is 0 Å². The molecule has 1 N–H and O–H groups in total. The van der Waals surface area contributed by atoms with Crippen molar-refractivity contribution < 1.29 is 13.2 Å². The van der Waals surface area contributed by atoms with Crippen LogP contribution in [0, 0.1) is 0 Å². The summed E-state index contributed by atoms with van der Waals surface area (Å²) in [6, 6.07) is 9.30. The van der Waals surface area contributed by atoms with Gasteiger partial charge in [0, 0.05) is 18.0 Å². The van der Waals surface area contributed by atoms with E-state index in [4.69, 9.17) is 10.1 Å². The van der Waals surface area contributed by atoms with Gasteiger partial charge in [-0.25, -0.2) is 9.67 Å². The van der Waals surface area contributed by atoms with Crippen LogP contribution < -0.4 is 0 Å². The number of benzene rings is 1. The van der Waals surface area contributed by atoms with E-state index in [-0.39, 0.29) is 17.4 Å². The molecule has 0 aliphatic heterocycles. The maximum Gasteiger partial charge on any atom is 0.431 e. The highest BCUT2D eigenvalue weighted by molar-refractivity contribution is 5.57. The van der Waals surface area contributed by atoms with Gasteiger partial charge in [0.05, 0.1) is 12.2 Å². The number of H-pyrrole nitrogens is 1. The van der Waals surface area contributed by atoms with Gasteiger partial charge in [-0.2, -0.15) is 23.5 Å². The fraction of sp³-hybridized carbons (Fsp3) is 0.435. The third-order valence-corrected chi connectivity index (χ3v) is 5.84. The lowest BCUT2D eigenvalue weighted by Crippen LogP contribution is -2.13. The average Bonchev–Trinajstić information content (AvgIpc) is 3.56. The minimum Gasteiger partial charge on any atom is -0.302 e. The van der Waals surface area contributed by atoms with Gasteiger partial charge < -0.3 is 4.57 Å². The molecule has 180 valence electrons. The first-order valence-electron chi connectivity index (χ1n) is 11.4. The lowest BCUT2D eigenvalue weighted by Gasteiger charge is -2.15. The lowest BCUT2D eigenvalue weighted by molar-refractivity contribution is -0.142. The van der Waals surface area contributed by atoms with Crippen LogP contribution in [0.25, 0.3) is 17.2 Å². The Morgan fingerprint density at radius 1 is 1.06 bits per heavy atom. The van der Waals surface area contributed by atoms with Gasteiger partial charge >= 0.3 is 6.18 Å². The van der Waals surface area contributed by atoms with E-state index in [1.807, 2.05) is 16.8 Å². The summed E-state index contributed by atoms with van der Waals surface area (Å²) < 4.78 is 44.1. The zero-order chi connectivity index (χ0) is 24.3. The minimum atomic E-state index is -4.54. The highest BCUT2D eigenvalue weighted by Gasteiger charge is 2.36. The Kier molecular flexibility index (Phi) is 6.80. The van der Waals surface area contributed by atoms with Crippen LogP contribution in [0.2, 0.25) is 0 Å². The van der Waals surface area contributed by atoms with E-state index >= 15 is 0 Å². The molecule has 3 heterocycles. The van der Waals surface area contributed by atoms with E-state index in [1.54, 1.807) is 12.1 Å². The Morgan fingerprint density at radius 2 is 1.82 bits per heavy atom. The quantitative estimate of drug-likeness (QED) is 0.363. The fourth-order valence-corrected chi connectivity index (χ4v) is 3.74. The molecule has 0 amide bonds. The van der Waals surface area contributed by atoms with Crippen molar-refractivity contribution in [1.82, 2.24) is 40.0 Å². The number of hydrogen-bond acceptors (Lipinski definition) is 5. The molecule has 8 nitrogen and oxygen atoms in total. The van der Waals surface area contributed by atoms with Crippen molar-refractivity contribution in [3.63, 3.8) is 0 Å². The third kappa shape index (κ3) is 4.87. The summed E-state index contributed by atoms with van der Waals surface area (Å²) in [5.41, 5.74) is 0.663. The maximum absolute atomic E-state index is 13.7. The Hall–Kier alpha value is -3.50. The number of nitrogens with one attached hydrogen (secondary N) is 1. The Labute approximate surface area is 195 Å². The number of hydrogen-bond donors (Lipinski definition) is 1. The summed E-state index contributed by atoms with van der Waals surface area (Å²) in [6.07, 6.45) is -0.676. The molecule has 4 aromatic rings. The second-order valence-corrected chi connectivity index (χ2v) is 8.30. The first-order chi connectivity index (χ1) is 16.3. The van der Waals surface area contributed by atoms with E-state index < -0.39 is 11.9 Å². The van der Waals surface area contributed by atoms with Gasteiger partial charge in [0.15, 0.2) is 5.82 Å². The predicted octanol–water partition coefficient (Wildman–Crippen LogP) is 5.17. The molecule has 0 bridgehead atoms. The monoisotopic (exact) mass is 472 g/mol. The summed E-state index contributed by atoms with van der Waals surface area (Å²) in [6.45, 7) is 6.84. The van der Waals surface area contributed by atoms with Gasteiger partial charge in [-0.05, 0) is 47.9 Å². The maximum atomic E-state index is 13.7. The summed E-state index contributed by atoms with van der Waals surface area (Å²) >= 11 is 0. The second-order valence-electron chi connectivity index (χ2n) is 8.30. The van der Waals surface area contributed by atoms with E-state index in [0.717, 1.165) is 53.5 Å². The first-order valence-corrected chi connectivity index (χ1v) is 11.4. The predicted molar refractivity (Wildman–Crippen MR) is 120 cm³/mol. The van der Waals surface area contributed by atoms with Crippen LogP contribution in [-0.4, -0.2) is 40.0 Å². The molecule has 4 rings (SSSR count). The molecule has 1 atom stereocenters. The number of unbranched alkanes of at least 4 members (excludes halogenated alkanes) is 1. The zero-order valence-electron chi connectivity index (χ0n) is 19.3. The highest BCUT2D eigenvalue weighted by Crippen LogP contribution is 2.35. The van der Waals surface area contributed by atoms with Crippen LogP contribution in [0.1, 0.15) is 68.9 Å². The van der Waals surface area contributed by atoms with E-state index in [9.17, 15) is 13.2 Å². The minimum absolute atomic E-state index is 0.0836. The van der Waals surface area contributed by atoms with Crippen LogP contribution >= 0.6 is 0 Å². The molecule has 1 unspecified atom stereocenters. The van der Waals surface area contributed by atoms with Crippen molar-refractivity contribution in [2.24, 2.45) is 0 Å². The molecule has 0 aliphatic rings. The van der Waals surface area contributed by atoms with Crippen molar-refractivity contribution in [2.75, 3.05) is 0 Å². The van der Waals surface area contributed by atoms with Crippen molar-refractivity contribution in [1.29, 1.82) is 0 Å². The van der Waals surface area contributed by atoms with Crippen LogP contribution in [0.4, 0.5) is 13.2 Å². The molecule has 0 aliphatic carbocycles. The molecule has 0 radical (unpaired) electrons. The molecular formula is C23H27F3N8. The molecule has 0 spiro atoms. The van der Waals surface area contributed by atoms with Crippen molar-refractivity contribution in [3.05, 3.63) is 59.3 Å². The zero-order valence-corrected chi connectivity index (χ0v) is 19.3. The van der Waals surface area contributed by atoms with E-state index in [2.05, 4.69) is 41.4 Å². The van der Waals surface area contributed by atoms with Crippen LogP contribution in [-0.2, 0) is 19.1 Å². The molecule has 0 saturated heterocycles. The van der Waals surface area contributed by atoms with Crippen LogP contribution in [0.15, 0.2) is 36.4 Å².